The molecule has 1 aliphatic carbocycles. The Morgan fingerprint density at radius 1 is 0.386 bits per heavy atom. The van der Waals surface area contributed by atoms with Crippen LogP contribution in [0.3, 0.4) is 0 Å². The summed E-state index contributed by atoms with van der Waals surface area (Å²) in [7, 11) is 0. The molecule has 1 heteroatoms. The van der Waals surface area contributed by atoms with Gasteiger partial charge in [-0.25, -0.2) is 0 Å². The van der Waals surface area contributed by atoms with Crippen LogP contribution in [-0.4, -0.2) is 4.57 Å². The molecule has 0 amide bonds. The number of benzene rings is 8. The number of fused-ring (bicyclic) bond motifs is 13. The van der Waals surface area contributed by atoms with Crippen molar-refractivity contribution in [2.24, 2.45) is 0 Å². The molecule has 8 aromatic carbocycles. The maximum atomic E-state index is 2.49. The van der Waals surface area contributed by atoms with Crippen LogP contribution in [0.4, 0.5) is 0 Å². The molecule has 0 spiro atoms. The fourth-order valence-corrected chi connectivity index (χ4v) is 8.20. The van der Waals surface area contributed by atoms with Gasteiger partial charge >= 0.3 is 0 Å². The smallest absolute Gasteiger partial charge is 0.0547 e. The van der Waals surface area contributed by atoms with E-state index < -0.39 is 0 Å². The minimum atomic E-state index is -0.0593. The number of para-hydroxylation sites is 1. The van der Waals surface area contributed by atoms with Crippen LogP contribution in [0.2, 0.25) is 0 Å². The Morgan fingerprint density at radius 2 is 0.932 bits per heavy atom. The van der Waals surface area contributed by atoms with Gasteiger partial charge in [-0.15, -0.1) is 0 Å². The Labute approximate surface area is 255 Å². The summed E-state index contributed by atoms with van der Waals surface area (Å²) in [4.78, 5) is 0. The SMILES string of the molecule is CC1(C)c2ccccc2-c2cc3c4cc5c6ccccc6c6cc7ccccc7cc6c5cc4n(-c4ccccc4)c3cc21. The number of aromatic nitrogens is 1. The summed E-state index contributed by atoms with van der Waals surface area (Å²) >= 11 is 0. The average molecular weight is 560 g/mol. The van der Waals surface area contributed by atoms with Gasteiger partial charge in [0.15, 0.2) is 0 Å². The van der Waals surface area contributed by atoms with E-state index in [2.05, 4.69) is 158 Å². The summed E-state index contributed by atoms with van der Waals surface area (Å²) in [5.74, 6) is 0. The first kappa shape index (κ1) is 24.1. The van der Waals surface area contributed by atoms with E-state index in [1.54, 1.807) is 0 Å². The Bertz CT molecular complexity index is 2670. The maximum absolute atomic E-state index is 2.49. The zero-order chi connectivity index (χ0) is 29.2. The summed E-state index contributed by atoms with van der Waals surface area (Å²) in [6.07, 6.45) is 0. The number of rotatable bonds is 1. The second-order valence-electron chi connectivity index (χ2n) is 13.0. The van der Waals surface area contributed by atoms with E-state index >= 15 is 0 Å². The lowest BCUT2D eigenvalue weighted by Gasteiger charge is -2.21. The van der Waals surface area contributed by atoms with Crippen LogP contribution in [0.25, 0.3) is 81.7 Å². The zero-order valence-electron chi connectivity index (χ0n) is 24.7. The minimum absolute atomic E-state index is 0.0593. The molecule has 0 saturated carbocycles. The summed E-state index contributed by atoms with van der Waals surface area (Å²) in [5.41, 5.74) is 9.18. The van der Waals surface area contributed by atoms with Gasteiger partial charge in [-0.05, 0) is 114 Å². The first-order valence-electron chi connectivity index (χ1n) is 15.5. The van der Waals surface area contributed by atoms with Gasteiger partial charge in [-0.2, -0.15) is 0 Å². The molecule has 0 atom stereocenters. The molecule has 44 heavy (non-hydrogen) atoms. The van der Waals surface area contributed by atoms with Gasteiger partial charge < -0.3 is 4.57 Å². The van der Waals surface area contributed by atoms with Crippen molar-refractivity contribution < 1.29 is 0 Å². The highest BCUT2D eigenvalue weighted by Crippen LogP contribution is 2.51. The third-order valence-electron chi connectivity index (χ3n) is 10.3. The molecule has 0 radical (unpaired) electrons. The lowest BCUT2D eigenvalue weighted by molar-refractivity contribution is 0.661. The number of nitrogens with zero attached hydrogens (tertiary/aromatic N) is 1. The van der Waals surface area contributed by atoms with Crippen LogP contribution in [0.1, 0.15) is 25.0 Å². The molecule has 0 bridgehead atoms. The molecule has 1 aliphatic rings. The van der Waals surface area contributed by atoms with Crippen molar-refractivity contribution in [3.63, 3.8) is 0 Å². The molecule has 1 heterocycles. The van der Waals surface area contributed by atoms with E-state index in [0.717, 1.165) is 0 Å². The molecule has 0 N–H and O–H groups in total. The van der Waals surface area contributed by atoms with Crippen molar-refractivity contribution >= 4 is 64.9 Å². The van der Waals surface area contributed by atoms with Crippen LogP contribution < -0.4 is 0 Å². The van der Waals surface area contributed by atoms with E-state index in [0.29, 0.717) is 0 Å². The lowest BCUT2D eigenvalue weighted by Crippen LogP contribution is -2.14. The quantitative estimate of drug-likeness (QED) is 0.139. The molecular weight excluding hydrogens is 530 g/mol. The molecule has 10 rings (SSSR count). The Kier molecular flexibility index (Phi) is 4.58. The molecular formula is C43H29N. The molecule has 9 aromatic rings. The molecule has 1 nitrogen and oxygen atoms in total. The normalized spacial score (nSPS) is 13.9. The second-order valence-corrected chi connectivity index (χ2v) is 13.0. The predicted molar refractivity (Wildman–Crippen MR) is 188 cm³/mol. The zero-order valence-corrected chi connectivity index (χ0v) is 24.7. The third kappa shape index (κ3) is 3.04. The first-order valence-corrected chi connectivity index (χ1v) is 15.5. The van der Waals surface area contributed by atoms with Crippen molar-refractivity contribution in [3.05, 3.63) is 151 Å². The van der Waals surface area contributed by atoms with Gasteiger partial charge in [-0.1, -0.05) is 105 Å². The third-order valence-corrected chi connectivity index (χ3v) is 10.3. The highest BCUT2D eigenvalue weighted by Gasteiger charge is 2.36. The second kappa shape index (κ2) is 8.36. The number of hydrogen-bond donors (Lipinski definition) is 0. The van der Waals surface area contributed by atoms with E-state index in [1.165, 1.54) is 92.8 Å². The van der Waals surface area contributed by atoms with E-state index in [-0.39, 0.29) is 5.41 Å². The fourth-order valence-electron chi connectivity index (χ4n) is 8.20. The highest BCUT2D eigenvalue weighted by molar-refractivity contribution is 6.30. The first-order chi connectivity index (χ1) is 21.6. The van der Waals surface area contributed by atoms with Gasteiger partial charge in [-0.3, -0.25) is 0 Å². The monoisotopic (exact) mass is 559 g/mol. The molecule has 0 unspecified atom stereocenters. The highest BCUT2D eigenvalue weighted by atomic mass is 15.0. The van der Waals surface area contributed by atoms with Gasteiger partial charge in [0.25, 0.3) is 0 Å². The van der Waals surface area contributed by atoms with E-state index in [1.807, 2.05) is 0 Å². The van der Waals surface area contributed by atoms with Gasteiger partial charge in [0.05, 0.1) is 11.0 Å². The summed E-state index contributed by atoms with van der Waals surface area (Å²) in [6.45, 7) is 4.74. The predicted octanol–water partition coefficient (Wildman–Crippen LogP) is 11.7. The van der Waals surface area contributed by atoms with Crippen LogP contribution in [0.5, 0.6) is 0 Å². The van der Waals surface area contributed by atoms with Crippen molar-refractivity contribution in [2.45, 2.75) is 19.3 Å². The van der Waals surface area contributed by atoms with Crippen LogP contribution in [0, 0.1) is 0 Å². The van der Waals surface area contributed by atoms with Crippen LogP contribution >= 0.6 is 0 Å². The van der Waals surface area contributed by atoms with Crippen molar-refractivity contribution in [1.29, 1.82) is 0 Å². The number of hydrogen-bond acceptors (Lipinski definition) is 0. The van der Waals surface area contributed by atoms with Gasteiger partial charge in [0.2, 0.25) is 0 Å². The summed E-state index contributed by atoms with van der Waals surface area (Å²) in [5, 5.41) is 13.0. The standard InChI is InChI=1S/C43H29N/c1-43(2)39-19-11-10-18-31(39)36-23-38-37-22-34-30-17-9-8-16-29(30)32-20-26-12-6-7-13-27(26)21-33(32)35(34)24-41(37)44(42(38)25-40(36)43)28-14-4-3-5-15-28/h3-25H,1-2H3. The summed E-state index contributed by atoms with van der Waals surface area (Å²) in [6, 6.07) is 52.2. The Hall–Kier alpha value is -5.40. The fraction of sp³-hybridized carbons (Fsp3) is 0.0698. The minimum Gasteiger partial charge on any atom is -0.309 e. The molecule has 0 aliphatic heterocycles. The van der Waals surface area contributed by atoms with Gasteiger partial charge in [0.1, 0.15) is 0 Å². The van der Waals surface area contributed by atoms with Gasteiger partial charge in [0, 0.05) is 21.9 Å². The van der Waals surface area contributed by atoms with Crippen molar-refractivity contribution in [1.82, 2.24) is 4.57 Å². The Morgan fingerprint density at radius 3 is 1.68 bits per heavy atom. The van der Waals surface area contributed by atoms with Crippen LogP contribution in [-0.2, 0) is 5.41 Å². The van der Waals surface area contributed by atoms with E-state index in [9.17, 15) is 0 Å². The maximum Gasteiger partial charge on any atom is 0.0547 e. The molecule has 0 fully saturated rings. The van der Waals surface area contributed by atoms with Crippen molar-refractivity contribution in [3.8, 4) is 16.8 Å². The lowest BCUT2D eigenvalue weighted by atomic mass is 9.82. The average Bonchev–Trinajstić information content (AvgIpc) is 3.50. The topological polar surface area (TPSA) is 4.93 Å². The molecule has 206 valence electrons. The van der Waals surface area contributed by atoms with Crippen LogP contribution in [0.15, 0.2) is 140 Å². The summed E-state index contributed by atoms with van der Waals surface area (Å²) < 4.78 is 2.49. The molecule has 0 saturated heterocycles. The Balaban J connectivity index is 1.43. The largest absolute Gasteiger partial charge is 0.309 e. The molecule has 1 aromatic heterocycles. The van der Waals surface area contributed by atoms with E-state index in [4.69, 9.17) is 0 Å². The van der Waals surface area contributed by atoms with Crippen molar-refractivity contribution in [2.75, 3.05) is 0 Å².